The van der Waals surface area contributed by atoms with Crippen molar-refractivity contribution in [3.05, 3.63) is 58.8 Å². The summed E-state index contributed by atoms with van der Waals surface area (Å²) in [7, 11) is 1.63. The maximum Gasteiger partial charge on any atom is 0.237 e. The van der Waals surface area contributed by atoms with Crippen LogP contribution in [0.5, 0.6) is 11.5 Å². The molecule has 0 saturated heterocycles. The second kappa shape index (κ2) is 13.5. The zero-order valence-corrected chi connectivity index (χ0v) is 21.0. The first-order valence-corrected chi connectivity index (χ1v) is 12.6. The van der Waals surface area contributed by atoms with Crippen LogP contribution in [0.15, 0.2) is 48.4 Å². The largest absolute Gasteiger partial charge is 0.497 e. The van der Waals surface area contributed by atoms with Gasteiger partial charge in [0.25, 0.3) is 0 Å². The van der Waals surface area contributed by atoms with E-state index in [4.69, 9.17) is 14.2 Å². The van der Waals surface area contributed by atoms with Crippen LogP contribution in [0.25, 0.3) is 0 Å². The molecular weight excluding hydrogens is 452 g/mol. The third kappa shape index (κ3) is 7.30. The van der Waals surface area contributed by atoms with Gasteiger partial charge in [0, 0.05) is 18.0 Å². The maximum atomic E-state index is 13.5. The number of ether oxygens (including phenoxy) is 3. The molecule has 0 radical (unpaired) electrons. The van der Waals surface area contributed by atoms with Gasteiger partial charge < -0.3 is 24.2 Å². The monoisotopic (exact) mass is 488 g/mol. The maximum absolute atomic E-state index is 13.5. The molecule has 1 aliphatic heterocycles. The van der Waals surface area contributed by atoms with E-state index < -0.39 is 6.10 Å². The van der Waals surface area contributed by atoms with Gasteiger partial charge in [-0.1, -0.05) is 13.0 Å². The minimum Gasteiger partial charge on any atom is -0.497 e. The van der Waals surface area contributed by atoms with Crippen molar-refractivity contribution in [2.75, 3.05) is 53.1 Å². The standard InChI is InChI=1S/C26H36N2O5S/c1-4-12-27(16-20(29)18-32-14-5-2)17-26(30)28-13-10-25-23(11-15-34-25)24(28)19-33-22-8-6-21(31-3)7-9-22/h5-9,11,15,20,24,29H,2,4,10,12-14,16-19H2,1,3H3/t20-,24+/m1/s1. The number of methoxy groups -OCH3 is 1. The second-order valence-electron chi connectivity index (χ2n) is 8.35. The molecule has 8 heteroatoms. The summed E-state index contributed by atoms with van der Waals surface area (Å²) in [6, 6.07) is 9.44. The van der Waals surface area contributed by atoms with Crippen LogP contribution >= 0.6 is 11.3 Å². The fraction of sp³-hybridized carbons (Fsp3) is 0.500. The van der Waals surface area contributed by atoms with Crippen molar-refractivity contribution < 1.29 is 24.1 Å². The SMILES string of the molecule is C=CCOC[C@H](O)CN(CCC)CC(=O)N1CCc2sccc2[C@@H]1COc1ccc(OC)cc1. The zero-order chi connectivity index (χ0) is 24.3. The van der Waals surface area contributed by atoms with Gasteiger partial charge in [-0.3, -0.25) is 9.69 Å². The van der Waals surface area contributed by atoms with Gasteiger partial charge in [0.1, 0.15) is 18.1 Å². The number of hydrogen-bond donors (Lipinski definition) is 1. The van der Waals surface area contributed by atoms with E-state index in [-0.39, 0.29) is 25.1 Å². The normalized spacial score (nSPS) is 16.2. The molecule has 2 heterocycles. The minimum absolute atomic E-state index is 0.0489. The topological polar surface area (TPSA) is 71.5 Å². The highest BCUT2D eigenvalue weighted by Gasteiger charge is 2.33. The molecule has 0 spiro atoms. The third-order valence-corrected chi connectivity index (χ3v) is 6.79. The average molecular weight is 489 g/mol. The Hall–Kier alpha value is -2.39. The molecule has 1 aromatic carbocycles. The average Bonchev–Trinajstić information content (AvgIpc) is 3.32. The number of carbonyl (C=O) groups is 1. The summed E-state index contributed by atoms with van der Waals surface area (Å²) in [4.78, 5) is 18.7. The van der Waals surface area contributed by atoms with Gasteiger partial charge in [0.2, 0.25) is 5.91 Å². The highest BCUT2D eigenvalue weighted by molar-refractivity contribution is 7.10. The van der Waals surface area contributed by atoms with Crippen molar-refractivity contribution in [2.45, 2.75) is 31.9 Å². The lowest BCUT2D eigenvalue weighted by molar-refractivity contribution is -0.136. The van der Waals surface area contributed by atoms with E-state index >= 15 is 0 Å². The lowest BCUT2D eigenvalue weighted by Crippen LogP contribution is -2.48. The molecule has 2 aromatic rings. The summed E-state index contributed by atoms with van der Waals surface area (Å²) in [6.07, 6.45) is 2.75. The van der Waals surface area contributed by atoms with Crippen LogP contribution in [0.2, 0.25) is 0 Å². The number of aliphatic hydroxyl groups excluding tert-OH is 1. The predicted molar refractivity (Wildman–Crippen MR) is 135 cm³/mol. The summed E-state index contributed by atoms with van der Waals surface area (Å²) >= 11 is 1.73. The molecular formula is C26H36N2O5S. The van der Waals surface area contributed by atoms with Gasteiger partial charge in [-0.2, -0.15) is 0 Å². The molecule has 0 unspecified atom stereocenters. The summed E-state index contributed by atoms with van der Waals surface area (Å²) in [5, 5.41) is 12.4. The van der Waals surface area contributed by atoms with Gasteiger partial charge >= 0.3 is 0 Å². The first kappa shape index (κ1) is 26.2. The molecule has 3 rings (SSSR count). The van der Waals surface area contributed by atoms with Gasteiger partial charge in [-0.15, -0.1) is 17.9 Å². The van der Waals surface area contributed by atoms with Crippen molar-refractivity contribution in [3.63, 3.8) is 0 Å². The molecule has 7 nitrogen and oxygen atoms in total. The molecule has 2 atom stereocenters. The molecule has 0 bridgehead atoms. The molecule has 1 amide bonds. The van der Waals surface area contributed by atoms with Crippen molar-refractivity contribution in [1.29, 1.82) is 0 Å². The molecule has 1 N–H and O–H groups in total. The Kier molecular flexibility index (Phi) is 10.4. The summed E-state index contributed by atoms with van der Waals surface area (Å²) in [6.45, 7) is 8.73. The third-order valence-electron chi connectivity index (χ3n) is 5.80. The van der Waals surface area contributed by atoms with Gasteiger partial charge in [-0.05, 0) is 60.7 Å². The molecule has 1 aliphatic rings. The number of amides is 1. The van der Waals surface area contributed by atoms with E-state index in [2.05, 4.69) is 24.9 Å². The zero-order valence-electron chi connectivity index (χ0n) is 20.2. The number of carbonyl (C=O) groups excluding carboxylic acids is 1. The van der Waals surface area contributed by atoms with Gasteiger partial charge in [0.05, 0.1) is 39.0 Å². The quantitative estimate of drug-likeness (QED) is 0.324. The van der Waals surface area contributed by atoms with Crippen molar-refractivity contribution in [1.82, 2.24) is 9.80 Å². The van der Waals surface area contributed by atoms with Crippen molar-refractivity contribution >= 4 is 17.2 Å². The summed E-state index contributed by atoms with van der Waals surface area (Å²) < 4.78 is 16.7. The van der Waals surface area contributed by atoms with Crippen LogP contribution in [0.1, 0.15) is 29.8 Å². The fourth-order valence-corrected chi connectivity index (χ4v) is 5.12. The van der Waals surface area contributed by atoms with E-state index in [0.717, 1.165) is 36.4 Å². The fourth-order valence-electron chi connectivity index (χ4n) is 4.19. The van der Waals surface area contributed by atoms with E-state index in [0.29, 0.717) is 26.3 Å². The Morgan fingerprint density at radius 2 is 2.09 bits per heavy atom. The Balaban J connectivity index is 1.66. The van der Waals surface area contributed by atoms with Crippen LogP contribution in [0, 0.1) is 0 Å². The Bertz CT molecular complexity index is 901. The van der Waals surface area contributed by atoms with Crippen LogP contribution in [0.4, 0.5) is 0 Å². The van der Waals surface area contributed by atoms with E-state index in [9.17, 15) is 9.90 Å². The van der Waals surface area contributed by atoms with E-state index in [1.807, 2.05) is 34.1 Å². The van der Waals surface area contributed by atoms with Crippen LogP contribution in [-0.4, -0.2) is 80.0 Å². The lowest BCUT2D eigenvalue weighted by atomic mass is 10.0. The number of hydrogen-bond acceptors (Lipinski definition) is 7. The first-order valence-electron chi connectivity index (χ1n) is 11.8. The van der Waals surface area contributed by atoms with E-state index in [1.54, 1.807) is 24.5 Å². The molecule has 34 heavy (non-hydrogen) atoms. The minimum atomic E-state index is -0.654. The molecule has 0 saturated carbocycles. The van der Waals surface area contributed by atoms with Crippen molar-refractivity contribution in [3.8, 4) is 11.5 Å². The number of aliphatic hydroxyl groups is 1. The Morgan fingerprint density at radius 1 is 1.32 bits per heavy atom. The lowest BCUT2D eigenvalue weighted by Gasteiger charge is -2.37. The van der Waals surface area contributed by atoms with Crippen molar-refractivity contribution in [2.24, 2.45) is 0 Å². The van der Waals surface area contributed by atoms with Gasteiger partial charge in [-0.25, -0.2) is 0 Å². The Labute approximate surface area is 206 Å². The van der Waals surface area contributed by atoms with Gasteiger partial charge in [0.15, 0.2) is 0 Å². The number of fused-ring (bicyclic) bond motifs is 1. The number of nitrogens with zero attached hydrogens (tertiary/aromatic N) is 2. The van der Waals surface area contributed by atoms with Crippen LogP contribution in [0.3, 0.4) is 0 Å². The van der Waals surface area contributed by atoms with Crippen LogP contribution in [-0.2, 0) is 16.0 Å². The highest BCUT2D eigenvalue weighted by Crippen LogP contribution is 2.34. The second-order valence-corrected chi connectivity index (χ2v) is 9.35. The smallest absolute Gasteiger partial charge is 0.237 e. The molecule has 0 aliphatic carbocycles. The first-order chi connectivity index (χ1) is 16.5. The highest BCUT2D eigenvalue weighted by atomic mass is 32.1. The predicted octanol–water partition coefficient (Wildman–Crippen LogP) is 3.54. The molecule has 186 valence electrons. The van der Waals surface area contributed by atoms with E-state index in [1.165, 1.54) is 4.88 Å². The number of thiophene rings is 1. The number of benzene rings is 1. The summed E-state index contributed by atoms with van der Waals surface area (Å²) in [5.74, 6) is 1.56. The van der Waals surface area contributed by atoms with Crippen LogP contribution < -0.4 is 9.47 Å². The Morgan fingerprint density at radius 3 is 2.79 bits per heavy atom. The molecule has 1 aromatic heterocycles. The summed E-state index contributed by atoms with van der Waals surface area (Å²) in [5.41, 5.74) is 1.16. The molecule has 0 fully saturated rings. The number of rotatable bonds is 14.